The summed E-state index contributed by atoms with van der Waals surface area (Å²) in [5.41, 5.74) is 5.63. The Kier molecular flexibility index (Phi) is 16.0. The van der Waals surface area contributed by atoms with Gasteiger partial charge in [0.25, 0.3) is 0 Å². The molecule has 0 saturated carbocycles. The van der Waals surface area contributed by atoms with Crippen LogP contribution >= 0.6 is 12.2 Å². The number of carboxylic acid groups (broad SMARTS) is 1. The summed E-state index contributed by atoms with van der Waals surface area (Å²) in [5.74, 6) is -1.66. The molecule has 0 aliphatic heterocycles. The predicted octanol–water partition coefficient (Wildman–Crippen LogP) is 6.33. The molecule has 4 rings (SSSR count). The molecule has 0 bridgehead atoms. The first-order valence-corrected chi connectivity index (χ1v) is 14.7. The van der Waals surface area contributed by atoms with E-state index in [1.54, 1.807) is 30.6 Å². The van der Waals surface area contributed by atoms with Crippen molar-refractivity contribution in [2.45, 2.75) is 52.1 Å². The largest absolute Gasteiger partial charge is 3.00 e. The van der Waals surface area contributed by atoms with E-state index in [9.17, 15) is 19.5 Å². The van der Waals surface area contributed by atoms with Crippen molar-refractivity contribution in [3.8, 4) is 0 Å². The summed E-state index contributed by atoms with van der Waals surface area (Å²) in [7, 11) is 0. The van der Waals surface area contributed by atoms with Crippen molar-refractivity contribution >= 4 is 40.9 Å². The summed E-state index contributed by atoms with van der Waals surface area (Å²) < 4.78 is 0. The number of ketones is 1. The van der Waals surface area contributed by atoms with Gasteiger partial charge in [-0.15, -0.1) is 11.6 Å². The van der Waals surface area contributed by atoms with E-state index in [1.165, 1.54) is 6.92 Å². The van der Waals surface area contributed by atoms with Crippen molar-refractivity contribution in [3.63, 3.8) is 0 Å². The topological polar surface area (TPSA) is 110 Å². The SMILES string of the molecule is CC(=O)C([N-]c1ccccc1)C([C-]=O)Cc1cccnc1.CCc1cccc(C)c1C(=S)NC(Cc1cc[c-]cc1)C(=O)O.[Ir+3]. The number of benzene rings is 3. The van der Waals surface area contributed by atoms with Crippen molar-refractivity contribution in [1.82, 2.24) is 10.3 Å². The van der Waals surface area contributed by atoms with E-state index in [-0.39, 0.29) is 25.9 Å². The zero-order valence-corrected chi connectivity index (χ0v) is 28.6. The van der Waals surface area contributed by atoms with Crippen LogP contribution in [0.4, 0.5) is 5.69 Å². The summed E-state index contributed by atoms with van der Waals surface area (Å²) >= 11 is 5.49. The Bertz CT molecular complexity index is 1520. The van der Waals surface area contributed by atoms with Crippen molar-refractivity contribution in [2.75, 3.05) is 0 Å². The van der Waals surface area contributed by atoms with E-state index >= 15 is 0 Å². The van der Waals surface area contributed by atoms with Crippen LogP contribution in [0.25, 0.3) is 5.32 Å². The molecule has 3 atom stereocenters. The van der Waals surface area contributed by atoms with E-state index in [0.717, 1.165) is 34.2 Å². The number of nitrogens with zero attached hydrogens (tertiary/aromatic N) is 2. The molecule has 0 radical (unpaired) electrons. The maximum absolute atomic E-state index is 11.9. The predicted molar refractivity (Wildman–Crippen MR) is 177 cm³/mol. The molecule has 234 valence electrons. The molecule has 0 amide bonds. The maximum atomic E-state index is 11.9. The van der Waals surface area contributed by atoms with Gasteiger partial charge in [-0.05, 0) is 55.9 Å². The van der Waals surface area contributed by atoms with Gasteiger partial charge in [0.1, 0.15) is 16.8 Å². The maximum Gasteiger partial charge on any atom is 3.00 e. The smallest absolute Gasteiger partial charge is 0.677 e. The fourth-order valence-corrected chi connectivity index (χ4v) is 5.14. The molecule has 9 heteroatoms. The van der Waals surface area contributed by atoms with E-state index in [2.05, 4.69) is 28.6 Å². The van der Waals surface area contributed by atoms with Gasteiger partial charge < -0.3 is 25.3 Å². The standard InChI is InChI=1S/C19H20NO2S.C17H16N2O2.Ir/c1-3-15-11-7-8-13(2)17(15)18(23)20-16(19(21)22)12-14-9-5-4-6-10-14;1-13(21)17(19-16-7-3-2-4-8-16)15(12-20)10-14-6-5-9-18-11-14;/h5-11,16H,3,12H2,1-2H3,(H,20,23)(H,21,22);2-9,11,15,17H,10H2,1H3;/q-1;-2;+3. The Hall–Kier alpha value is -4.04. The molecule has 3 aromatic carbocycles. The first kappa shape index (κ1) is 37.1. The van der Waals surface area contributed by atoms with Gasteiger partial charge in [0, 0.05) is 18.0 Å². The average molecular weight is 799 g/mol. The molecule has 0 saturated heterocycles. The second-order valence-corrected chi connectivity index (χ2v) is 10.7. The van der Waals surface area contributed by atoms with Gasteiger partial charge in [-0.1, -0.05) is 79.8 Å². The molecule has 0 aliphatic carbocycles. The number of aromatic nitrogens is 1. The minimum absolute atomic E-state index is 0. The third kappa shape index (κ3) is 11.8. The third-order valence-electron chi connectivity index (χ3n) is 6.97. The molecular weight excluding hydrogens is 763 g/mol. The molecule has 0 spiro atoms. The van der Waals surface area contributed by atoms with Crippen LogP contribution in [0, 0.1) is 18.9 Å². The number of hydrogen-bond acceptors (Lipinski definition) is 5. The van der Waals surface area contributed by atoms with Crippen LogP contribution in [0.1, 0.15) is 41.7 Å². The van der Waals surface area contributed by atoms with Gasteiger partial charge in [0.05, 0.1) is 0 Å². The Morgan fingerprint density at radius 2 is 1.71 bits per heavy atom. The quantitative estimate of drug-likeness (QED) is 0.120. The number of pyridine rings is 1. The minimum Gasteiger partial charge on any atom is -0.677 e. The Balaban J connectivity index is 0.000000308. The van der Waals surface area contributed by atoms with Gasteiger partial charge in [0.2, 0.25) is 0 Å². The number of rotatable bonds is 13. The molecule has 0 aliphatic rings. The number of carbonyl (C=O) groups is 2. The molecule has 45 heavy (non-hydrogen) atoms. The second kappa shape index (κ2) is 19.4. The number of Topliss-reactive ketones (excluding diaryl/α,β-unsaturated/α-hetero) is 1. The summed E-state index contributed by atoms with van der Waals surface area (Å²) in [6, 6.07) is 27.6. The van der Waals surface area contributed by atoms with Crippen LogP contribution in [0.15, 0.2) is 97.3 Å². The van der Waals surface area contributed by atoms with Crippen LogP contribution in [-0.2, 0) is 53.8 Å². The van der Waals surface area contributed by atoms with Gasteiger partial charge in [-0.25, -0.2) is 4.79 Å². The number of aryl methyl sites for hydroxylation is 2. The van der Waals surface area contributed by atoms with Crippen molar-refractivity contribution < 1.29 is 39.6 Å². The summed E-state index contributed by atoms with van der Waals surface area (Å²) in [6.07, 6.45) is 6.94. The molecule has 1 heterocycles. The fourth-order valence-electron chi connectivity index (χ4n) is 4.70. The molecule has 0 fully saturated rings. The van der Waals surface area contributed by atoms with Crippen LogP contribution in [-0.4, -0.2) is 45.2 Å². The Morgan fingerprint density at radius 1 is 1.00 bits per heavy atom. The number of para-hydroxylation sites is 1. The molecular formula is C36H36IrN3O4S. The first-order chi connectivity index (χ1) is 21.2. The number of carbonyl (C=O) groups excluding carboxylic acids is 2. The van der Waals surface area contributed by atoms with E-state index < -0.39 is 24.0 Å². The zero-order chi connectivity index (χ0) is 31.9. The number of hydrogen-bond donors (Lipinski definition) is 2. The van der Waals surface area contributed by atoms with Crippen LogP contribution < -0.4 is 5.32 Å². The number of nitrogens with one attached hydrogen (secondary N) is 1. The minimum atomic E-state index is -0.910. The van der Waals surface area contributed by atoms with Gasteiger partial charge in [-0.2, -0.15) is 35.9 Å². The van der Waals surface area contributed by atoms with Crippen molar-refractivity contribution in [2.24, 2.45) is 5.92 Å². The fraction of sp³-hybridized carbons (Fsp3) is 0.250. The van der Waals surface area contributed by atoms with Gasteiger partial charge >= 0.3 is 26.1 Å². The number of aliphatic carboxylic acids is 1. The van der Waals surface area contributed by atoms with E-state index in [0.29, 0.717) is 23.5 Å². The van der Waals surface area contributed by atoms with Crippen molar-refractivity contribution in [3.05, 3.63) is 137 Å². The summed E-state index contributed by atoms with van der Waals surface area (Å²) in [4.78, 5) is 39.2. The molecule has 1 aromatic heterocycles. The van der Waals surface area contributed by atoms with E-state index in [1.807, 2.05) is 79.9 Å². The van der Waals surface area contributed by atoms with Crippen molar-refractivity contribution in [1.29, 1.82) is 0 Å². The monoisotopic (exact) mass is 799 g/mol. The average Bonchev–Trinajstić information content (AvgIpc) is 3.03. The van der Waals surface area contributed by atoms with Gasteiger partial charge in [-0.3, -0.25) is 11.3 Å². The van der Waals surface area contributed by atoms with Crippen LogP contribution in [0.2, 0.25) is 0 Å². The first-order valence-electron chi connectivity index (χ1n) is 14.3. The summed E-state index contributed by atoms with van der Waals surface area (Å²) in [6.45, 7) is 5.51. The molecule has 4 aromatic rings. The Morgan fingerprint density at radius 3 is 2.29 bits per heavy atom. The molecule has 7 nitrogen and oxygen atoms in total. The Labute approximate surface area is 284 Å². The second-order valence-electron chi connectivity index (χ2n) is 10.2. The normalized spacial score (nSPS) is 12.2. The molecule has 3 unspecified atom stereocenters. The zero-order valence-electron chi connectivity index (χ0n) is 25.4. The number of thiocarbonyl (C=S) groups is 1. The van der Waals surface area contributed by atoms with Crippen LogP contribution in [0.3, 0.4) is 0 Å². The number of carboxylic acids is 1. The third-order valence-corrected chi connectivity index (χ3v) is 7.29. The van der Waals surface area contributed by atoms with E-state index in [4.69, 9.17) is 12.2 Å². The van der Waals surface area contributed by atoms with Gasteiger partial charge in [0.15, 0.2) is 0 Å². The summed E-state index contributed by atoms with van der Waals surface area (Å²) in [5, 5.41) is 16.9. The van der Waals surface area contributed by atoms with Crippen LogP contribution in [0.5, 0.6) is 0 Å². The molecule has 2 N–H and O–H groups in total.